The molecule has 2 aromatic heterocycles. The minimum absolute atomic E-state index is 0.0833. The monoisotopic (exact) mass is 415 g/mol. The van der Waals surface area contributed by atoms with Crippen LogP contribution in [0, 0.1) is 6.92 Å². The molecule has 1 aromatic carbocycles. The maximum Gasteiger partial charge on any atom is 0.245 e. The highest BCUT2D eigenvalue weighted by Crippen LogP contribution is 2.25. The fourth-order valence-corrected chi connectivity index (χ4v) is 5.68. The molecular weight excluding hydrogens is 394 g/mol. The summed E-state index contributed by atoms with van der Waals surface area (Å²) in [6.07, 6.45) is 1.69. The van der Waals surface area contributed by atoms with E-state index in [4.69, 9.17) is 0 Å². The minimum Gasteiger partial charge on any atom is -0.293 e. The number of hydrogen-bond donors (Lipinski definition) is 0. The van der Waals surface area contributed by atoms with Crippen molar-refractivity contribution in [2.24, 2.45) is 0 Å². The topological polar surface area (TPSA) is 70.6 Å². The van der Waals surface area contributed by atoms with E-state index in [2.05, 4.69) is 4.98 Å². The lowest BCUT2D eigenvalue weighted by Gasteiger charge is -2.33. The third-order valence-corrected chi connectivity index (χ3v) is 7.76. The van der Waals surface area contributed by atoms with E-state index in [1.807, 2.05) is 41.5 Å². The summed E-state index contributed by atoms with van der Waals surface area (Å²) in [5, 5.41) is 2.71. The molecule has 0 bridgehead atoms. The van der Waals surface area contributed by atoms with E-state index in [1.54, 1.807) is 18.3 Å². The zero-order chi connectivity index (χ0) is 19.7. The van der Waals surface area contributed by atoms with Gasteiger partial charge in [0.1, 0.15) is 4.90 Å². The molecule has 0 spiro atoms. The molecule has 1 aliphatic rings. The van der Waals surface area contributed by atoms with Crippen LogP contribution in [0.25, 0.3) is 10.9 Å². The number of ketones is 1. The summed E-state index contributed by atoms with van der Waals surface area (Å²) in [7, 11) is -3.64. The third kappa shape index (κ3) is 3.73. The molecule has 28 heavy (non-hydrogen) atoms. The summed E-state index contributed by atoms with van der Waals surface area (Å²) in [6.45, 7) is 4.06. The van der Waals surface area contributed by atoms with E-state index in [9.17, 15) is 13.2 Å². The Morgan fingerprint density at radius 3 is 2.64 bits per heavy atom. The molecule has 0 unspecified atom stereocenters. The summed E-state index contributed by atoms with van der Waals surface area (Å²) in [5.74, 6) is 0.0833. The fraction of sp³-hybridized carbons (Fsp3) is 0.300. The summed E-state index contributed by atoms with van der Waals surface area (Å²) in [4.78, 5) is 19.6. The first-order valence-electron chi connectivity index (χ1n) is 9.10. The van der Waals surface area contributed by atoms with Crippen molar-refractivity contribution in [3.8, 4) is 0 Å². The summed E-state index contributed by atoms with van der Waals surface area (Å²) in [5.41, 5.74) is 1.49. The quantitative estimate of drug-likeness (QED) is 0.600. The molecular formula is C20H21N3O3S2. The molecule has 3 aromatic rings. The van der Waals surface area contributed by atoms with E-state index >= 15 is 0 Å². The smallest absolute Gasteiger partial charge is 0.245 e. The Balaban J connectivity index is 1.49. The van der Waals surface area contributed by atoms with Crippen LogP contribution in [0.5, 0.6) is 0 Å². The maximum atomic E-state index is 13.2. The molecule has 0 amide bonds. The van der Waals surface area contributed by atoms with Crippen molar-refractivity contribution in [2.75, 3.05) is 32.7 Å². The number of sulfonamides is 1. The van der Waals surface area contributed by atoms with Crippen LogP contribution in [0.4, 0.5) is 0 Å². The number of rotatable bonds is 5. The molecule has 4 rings (SSSR count). The molecule has 0 radical (unpaired) electrons. The normalized spacial score (nSPS) is 16.5. The van der Waals surface area contributed by atoms with Crippen LogP contribution in [0.3, 0.4) is 0 Å². The maximum absolute atomic E-state index is 13.2. The van der Waals surface area contributed by atoms with Gasteiger partial charge in [0.05, 0.1) is 16.9 Å². The Morgan fingerprint density at radius 1 is 1.14 bits per heavy atom. The van der Waals surface area contributed by atoms with Gasteiger partial charge in [0.15, 0.2) is 5.78 Å². The first kappa shape index (κ1) is 19.2. The van der Waals surface area contributed by atoms with Gasteiger partial charge in [-0.15, -0.1) is 11.3 Å². The number of carbonyl (C=O) groups excluding carboxylic acids is 1. The van der Waals surface area contributed by atoms with Crippen molar-refractivity contribution < 1.29 is 13.2 Å². The Labute approximate surface area is 168 Å². The number of nitrogens with zero attached hydrogens (tertiary/aromatic N) is 3. The molecule has 0 saturated carbocycles. The van der Waals surface area contributed by atoms with Crippen molar-refractivity contribution in [3.05, 3.63) is 58.4 Å². The largest absolute Gasteiger partial charge is 0.293 e. The zero-order valence-electron chi connectivity index (χ0n) is 15.5. The van der Waals surface area contributed by atoms with Gasteiger partial charge < -0.3 is 0 Å². The number of hydrogen-bond acceptors (Lipinski definition) is 6. The van der Waals surface area contributed by atoms with E-state index < -0.39 is 10.0 Å². The summed E-state index contributed by atoms with van der Waals surface area (Å²) < 4.78 is 27.9. The second-order valence-electron chi connectivity index (χ2n) is 6.92. The van der Waals surface area contributed by atoms with Gasteiger partial charge in [0.25, 0.3) is 0 Å². The third-order valence-electron chi connectivity index (χ3n) is 4.92. The van der Waals surface area contributed by atoms with Gasteiger partial charge in [-0.3, -0.25) is 14.7 Å². The van der Waals surface area contributed by atoms with Crippen LogP contribution < -0.4 is 0 Å². The number of carbonyl (C=O) groups is 1. The minimum atomic E-state index is -3.64. The van der Waals surface area contributed by atoms with Crippen LogP contribution in [0.15, 0.2) is 52.9 Å². The molecule has 3 heterocycles. The Bertz CT molecular complexity index is 1100. The van der Waals surface area contributed by atoms with Gasteiger partial charge >= 0.3 is 0 Å². The Hall–Kier alpha value is -2.13. The second-order valence-corrected chi connectivity index (χ2v) is 9.78. The van der Waals surface area contributed by atoms with Crippen molar-refractivity contribution in [3.63, 3.8) is 0 Å². The highest BCUT2D eigenvalue weighted by molar-refractivity contribution is 7.89. The second kappa shape index (κ2) is 7.71. The molecule has 6 nitrogen and oxygen atoms in total. The van der Waals surface area contributed by atoms with Gasteiger partial charge in [-0.05, 0) is 36.1 Å². The highest BCUT2D eigenvalue weighted by Gasteiger charge is 2.30. The van der Waals surface area contributed by atoms with Gasteiger partial charge in [-0.25, -0.2) is 8.42 Å². The van der Waals surface area contributed by atoms with Crippen molar-refractivity contribution in [2.45, 2.75) is 11.8 Å². The van der Waals surface area contributed by atoms with Gasteiger partial charge in [-0.1, -0.05) is 18.2 Å². The van der Waals surface area contributed by atoms with E-state index in [-0.39, 0.29) is 10.7 Å². The highest BCUT2D eigenvalue weighted by atomic mass is 32.2. The first-order valence-corrected chi connectivity index (χ1v) is 11.4. The number of benzene rings is 1. The molecule has 8 heteroatoms. The number of fused-ring (bicyclic) bond motifs is 1. The molecule has 146 valence electrons. The number of piperazine rings is 1. The van der Waals surface area contributed by atoms with E-state index in [1.165, 1.54) is 15.6 Å². The Morgan fingerprint density at radius 2 is 1.93 bits per heavy atom. The van der Waals surface area contributed by atoms with Gasteiger partial charge in [0, 0.05) is 37.8 Å². The van der Waals surface area contributed by atoms with Crippen LogP contribution >= 0.6 is 11.3 Å². The summed E-state index contributed by atoms with van der Waals surface area (Å²) in [6, 6.07) is 10.9. The molecule has 0 N–H and O–H groups in total. The van der Waals surface area contributed by atoms with E-state index in [0.29, 0.717) is 38.2 Å². The number of Topliss-reactive ketones (excluding diaryl/α,β-unsaturated/α-hetero) is 1. The predicted octanol–water partition coefficient (Wildman–Crippen LogP) is 2.79. The number of para-hydroxylation sites is 1. The number of aromatic nitrogens is 1. The Kier molecular flexibility index (Phi) is 5.29. The molecule has 0 aliphatic carbocycles. The van der Waals surface area contributed by atoms with Crippen molar-refractivity contribution in [1.82, 2.24) is 14.2 Å². The van der Waals surface area contributed by atoms with Crippen LogP contribution in [-0.4, -0.2) is 61.1 Å². The number of aryl methyl sites for hydroxylation is 1. The van der Waals surface area contributed by atoms with Crippen molar-refractivity contribution in [1.29, 1.82) is 0 Å². The van der Waals surface area contributed by atoms with Crippen molar-refractivity contribution >= 4 is 38.0 Å². The molecule has 1 fully saturated rings. The lowest BCUT2D eigenvalue weighted by Crippen LogP contribution is -2.49. The average Bonchev–Trinajstić information content (AvgIpc) is 3.22. The first-order chi connectivity index (χ1) is 13.4. The standard InChI is InChI=1S/C20H21N3O3S2/c1-15-12-16-4-2-6-19(20(16)21-13-15)28(25,26)23-9-7-22(8-10-23)14-17(24)18-5-3-11-27-18/h2-6,11-13H,7-10,14H2,1H3. The number of pyridine rings is 1. The van der Waals surface area contributed by atoms with Crippen LogP contribution in [-0.2, 0) is 10.0 Å². The number of thiophene rings is 1. The van der Waals surface area contributed by atoms with E-state index in [0.717, 1.165) is 15.8 Å². The van der Waals surface area contributed by atoms with Crippen LogP contribution in [0.2, 0.25) is 0 Å². The molecule has 1 aliphatic heterocycles. The van der Waals surface area contributed by atoms with Crippen LogP contribution in [0.1, 0.15) is 15.2 Å². The molecule has 0 atom stereocenters. The lowest BCUT2D eigenvalue weighted by atomic mass is 10.2. The summed E-state index contributed by atoms with van der Waals surface area (Å²) >= 11 is 1.43. The zero-order valence-corrected chi connectivity index (χ0v) is 17.2. The van der Waals surface area contributed by atoms with Gasteiger partial charge in [0.2, 0.25) is 10.0 Å². The van der Waals surface area contributed by atoms with Gasteiger partial charge in [-0.2, -0.15) is 4.31 Å². The molecule has 1 saturated heterocycles. The SMILES string of the molecule is Cc1cnc2c(S(=O)(=O)N3CCN(CC(=O)c4cccs4)CC3)cccc2c1. The predicted molar refractivity (Wildman–Crippen MR) is 110 cm³/mol. The lowest BCUT2D eigenvalue weighted by molar-refractivity contribution is 0.0906. The fourth-order valence-electron chi connectivity index (χ4n) is 3.44. The average molecular weight is 416 g/mol.